The van der Waals surface area contributed by atoms with E-state index in [-0.39, 0.29) is 5.91 Å². The largest absolute Gasteiger partial charge is 0.486 e. The van der Waals surface area contributed by atoms with Crippen LogP contribution in [0.25, 0.3) is 0 Å². The van der Waals surface area contributed by atoms with Gasteiger partial charge < -0.3 is 24.6 Å². The van der Waals surface area contributed by atoms with Gasteiger partial charge in [-0.3, -0.25) is 4.79 Å². The molecule has 2 aromatic rings. The first-order valence-electron chi connectivity index (χ1n) is 9.05. The van der Waals surface area contributed by atoms with Crippen molar-refractivity contribution < 1.29 is 14.3 Å². The van der Waals surface area contributed by atoms with Gasteiger partial charge in [-0.25, -0.2) is 0 Å². The highest BCUT2D eigenvalue weighted by Crippen LogP contribution is 2.35. The van der Waals surface area contributed by atoms with Crippen molar-refractivity contribution in [1.82, 2.24) is 4.90 Å². The fraction of sp³-hybridized carbons (Fsp3) is 0.350. The fourth-order valence-corrected chi connectivity index (χ4v) is 3.64. The zero-order chi connectivity index (χ0) is 18.8. The van der Waals surface area contributed by atoms with Gasteiger partial charge in [-0.05, 0) is 37.4 Å². The molecule has 4 rings (SSSR count). The number of likely N-dealkylation sites (N-methyl/N-ethyl adjacent to an activating group) is 1. The molecule has 1 saturated heterocycles. The number of benzene rings is 2. The van der Waals surface area contributed by atoms with E-state index in [0.717, 1.165) is 31.9 Å². The van der Waals surface area contributed by atoms with E-state index in [1.165, 1.54) is 0 Å². The van der Waals surface area contributed by atoms with Crippen LogP contribution >= 0.6 is 11.6 Å². The molecule has 0 radical (unpaired) electrons. The highest BCUT2D eigenvalue weighted by Gasteiger charge is 2.21. The number of hydrogen-bond donors (Lipinski definition) is 1. The molecule has 7 heteroatoms. The Morgan fingerprint density at radius 3 is 2.56 bits per heavy atom. The van der Waals surface area contributed by atoms with Crippen LogP contribution < -0.4 is 19.7 Å². The zero-order valence-corrected chi connectivity index (χ0v) is 16.0. The second-order valence-corrected chi connectivity index (χ2v) is 7.15. The Morgan fingerprint density at radius 1 is 1.04 bits per heavy atom. The van der Waals surface area contributed by atoms with Crippen LogP contribution in [0.5, 0.6) is 11.5 Å². The molecule has 0 bridgehead atoms. The van der Waals surface area contributed by atoms with Gasteiger partial charge in [0.15, 0.2) is 11.5 Å². The number of amides is 1. The first-order chi connectivity index (χ1) is 13.1. The van der Waals surface area contributed by atoms with Crippen molar-refractivity contribution in [2.75, 3.05) is 56.7 Å². The van der Waals surface area contributed by atoms with Gasteiger partial charge in [0.1, 0.15) is 13.2 Å². The summed E-state index contributed by atoms with van der Waals surface area (Å²) in [7, 11) is 2.11. The lowest BCUT2D eigenvalue weighted by Gasteiger charge is -2.35. The minimum Gasteiger partial charge on any atom is -0.486 e. The first kappa shape index (κ1) is 17.9. The van der Waals surface area contributed by atoms with Crippen LogP contribution in [0.4, 0.5) is 11.4 Å². The molecular formula is C20H22ClN3O3. The molecule has 0 atom stereocenters. The molecule has 0 unspecified atom stereocenters. The van der Waals surface area contributed by atoms with Crippen molar-refractivity contribution in [3.05, 3.63) is 47.0 Å². The number of halogens is 1. The molecule has 1 amide bonds. The molecule has 0 spiro atoms. The van der Waals surface area contributed by atoms with Gasteiger partial charge in [0.2, 0.25) is 0 Å². The third kappa shape index (κ3) is 3.82. The molecule has 6 nitrogen and oxygen atoms in total. The number of piperazine rings is 1. The molecule has 1 N–H and O–H groups in total. The van der Waals surface area contributed by atoms with Gasteiger partial charge in [-0.15, -0.1) is 0 Å². The first-order valence-corrected chi connectivity index (χ1v) is 9.42. The number of rotatable bonds is 3. The van der Waals surface area contributed by atoms with Crippen LogP contribution in [0.3, 0.4) is 0 Å². The number of fused-ring (bicyclic) bond motifs is 1. The van der Waals surface area contributed by atoms with Crippen molar-refractivity contribution in [3.63, 3.8) is 0 Å². The Hall–Kier alpha value is -2.44. The minimum atomic E-state index is -0.204. The third-order valence-corrected chi connectivity index (χ3v) is 5.16. The summed E-state index contributed by atoms with van der Waals surface area (Å²) in [5.41, 5.74) is 2.11. The van der Waals surface area contributed by atoms with Crippen LogP contribution in [-0.4, -0.2) is 57.2 Å². The minimum absolute atomic E-state index is 0.204. The Balaban J connectivity index is 1.57. The van der Waals surface area contributed by atoms with E-state index >= 15 is 0 Å². The normalized spacial score (nSPS) is 16.9. The van der Waals surface area contributed by atoms with E-state index in [4.69, 9.17) is 21.1 Å². The predicted molar refractivity (Wildman–Crippen MR) is 107 cm³/mol. The second kappa shape index (κ2) is 7.66. The Bertz CT molecular complexity index is 850. The highest BCUT2D eigenvalue weighted by molar-refractivity contribution is 6.34. The zero-order valence-electron chi connectivity index (χ0n) is 15.2. The smallest absolute Gasteiger partial charge is 0.255 e. The third-order valence-electron chi connectivity index (χ3n) is 4.86. The summed E-state index contributed by atoms with van der Waals surface area (Å²) in [5.74, 6) is 1.06. The Kier molecular flexibility index (Phi) is 5.09. The molecule has 2 heterocycles. The molecular weight excluding hydrogens is 366 g/mol. The number of anilines is 2. The van der Waals surface area contributed by atoms with Crippen LogP contribution in [0.15, 0.2) is 36.4 Å². The highest BCUT2D eigenvalue weighted by atomic mass is 35.5. The van der Waals surface area contributed by atoms with E-state index in [2.05, 4.69) is 22.2 Å². The maximum atomic E-state index is 12.8. The number of ether oxygens (including phenoxy) is 2. The Morgan fingerprint density at radius 2 is 1.78 bits per heavy atom. The SMILES string of the molecule is CN1CCN(c2c(Cl)cccc2NC(=O)c2ccc3c(c2)OCCO3)CC1. The van der Waals surface area contributed by atoms with Crippen molar-refractivity contribution in [2.45, 2.75) is 0 Å². The number of hydrogen-bond acceptors (Lipinski definition) is 5. The van der Waals surface area contributed by atoms with E-state index in [9.17, 15) is 4.79 Å². The summed E-state index contributed by atoms with van der Waals surface area (Å²) in [4.78, 5) is 17.3. The summed E-state index contributed by atoms with van der Waals surface area (Å²) < 4.78 is 11.1. The standard InChI is InChI=1S/C20H22ClN3O3/c1-23-7-9-24(10-8-23)19-15(21)3-2-4-16(19)22-20(25)14-5-6-17-18(13-14)27-12-11-26-17/h2-6,13H,7-12H2,1H3,(H,22,25). The van der Waals surface area contributed by atoms with Gasteiger partial charge in [-0.2, -0.15) is 0 Å². The maximum absolute atomic E-state index is 12.8. The van der Waals surface area contributed by atoms with Crippen LogP contribution in [0.2, 0.25) is 5.02 Å². The van der Waals surface area contributed by atoms with E-state index in [1.54, 1.807) is 18.2 Å². The van der Waals surface area contributed by atoms with Crippen molar-refractivity contribution in [3.8, 4) is 11.5 Å². The number of carbonyl (C=O) groups excluding carboxylic acids is 1. The van der Waals surface area contributed by atoms with Gasteiger partial charge >= 0.3 is 0 Å². The molecule has 2 aliphatic rings. The maximum Gasteiger partial charge on any atom is 0.255 e. The monoisotopic (exact) mass is 387 g/mol. The summed E-state index contributed by atoms with van der Waals surface area (Å²) >= 11 is 6.48. The average Bonchev–Trinajstić information content (AvgIpc) is 2.69. The lowest BCUT2D eigenvalue weighted by atomic mass is 10.1. The molecule has 27 heavy (non-hydrogen) atoms. The quantitative estimate of drug-likeness (QED) is 0.877. The van der Waals surface area contributed by atoms with E-state index in [1.807, 2.05) is 18.2 Å². The molecule has 2 aromatic carbocycles. The summed E-state index contributed by atoms with van der Waals surface area (Å²) in [6, 6.07) is 10.8. The fourth-order valence-electron chi connectivity index (χ4n) is 3.35. The van der Waals surface area contributed by atoms with E-state index < -0.39 is 0 Å². The molecule has 1 fully saturated rings. The number of nitrogens with one attached hydrogen (secondary N) is 1. The number of carbonyl (C=O) groups is 1. The number of para-hydroxylation sites is 1. The molecule has 0 saturated carbocycles. The van der Waals surface area contributed by atoms with E-state index in [0.29, 0.717) is 41.0 Å². The van der Waals surface area contributed by atoms with Crippen LogP contribution in [0, 0.1) is 0 Å². The second-order valence-electron chi connectivity index (χ2n) is 6.74. The predicted octanol–water partition coefficient (Wildman–Crippen LogP) is 3.12. The molecule has 0 aromatic heterocycles. The topological polar surface area (TPSA) is 54.0 Å². The van der Waals surface area contributed by atoms with Gasteiger partial charge in [0, 0.05) is 31.7 Å². The lowest BCUT2D eigenvalue weighted by molar-refractivity contribution is 0.102. The van der Waals surface area contributed by atoms with Crippen molar-refractivity contribution in [2.24, 2.45) is 0 Å². The molecule has 2 aliphatic heterocycles. The van der Waals surface area contributed by atoms with Gasteiger partial charge in [0.25, 0.3) is 5.91 Å². The molecule has 142 valence electrons. The van der Waals surface area contributed by atoms with Gasteiger partial charge in [0.05, 0.1) is 16.4 Å². The summed E-state index contributed by atoms with van der Waals surface area (Å²) in [6.07, 6.45) is 0. The van der Waals surface area contributed by atoms with Gasteiger partial charge in [-0.1, -0.05) is 17.7 Å². The summed E-state index contributed by atoms with van der Waals surface area (Å²) in [5, 5.41) is 3.65. The average molecular weight is 388 g/mol. The summed E-state index contributed by atoms with van der Waals surface area (Å²) in [6.45, 7) is 4.66. The van der Waals surface area contributed by atoms with Crippen LogP contribution in [0.1, 0.15) is 10.4 Å². The van der Waals surface area contributed by atoms with Crippen LogP contribution in [-0.2, 0) is 0 Å². The number of nitrogens with zero attached hydrogens (tertiary/aromatic N) is 2. The van der Waals surface area contributed by atoms with Crippen molar-refractivity contribution >= 4 is 28.9 Å². The Labute approximate surface area is 163 Å². The van der Waals surface area contributed by atoms with Crippen molar-refractivity contribution in [1.29, 1.82) is 0 Å². The molecule has 0 aliphatic carbocycles. The lowest BCUT2D eigenvalue weighted by Crippen LogP contribution is -2.44.